The minimum atomic E-state index is -1.56. The summed E-state index contributed by atoms with van der Waals surface area (Å²) in [4.78, 5) is 45.0. The number of nitrogens with one attached hydrogen (secondary N) is 1. The highest BCUT2D eigenvalue weighted by Gasteiger charge is 2.26. The van der Waals surface area contributed by atoms with E-state index in [2.05, 4.69) is 5.32 Å². The van der Waals surface area contributed by atoms with Crippen LogP contribution in [0.1, 0.15) is 32.9 Å². The van der Waals surface area contributed by atoms with E-state index in [-0.39, 0.29) is 12.1 Å². The lowest BCUT2D eigenvalue weighted by Crippen LogP contribution is -2.34. The van der Waals surface area contributed by atoms with Crippen LogP contribution in [0.2, 0.25) is 0 Å². The van der Waals surface area contributed by atoms with Gasteiger partial charge in [0.2, 0.25) is 12.0 Å². The van der Waals surface area contributed by atoms with Crippen molar-refractivity contribution in [2.45, 2.75) is 19.1 Å². The zero-order valence-electron chi connectivity index (χ0n) is 16.8. The van der Waals surface area contributed by atoms with E-state index < -0.39 is 36.3 Å². The molecular weight excluding hydrogens is 418 g/mol. The van der Waals surface area contributed by atoms with Gasteiger partial charge in [0, 0.05) is 0 Å². The van der Waals surface area contributed by atoms with Gasteiger partial charge in [-0.25, -0.2) is 14.4 Å². The quantitative estimate of drug-likeness (QED) is 0.455. The summed E-state index contributed by atoms with van der Waals surface area (Å²) in [6.07, 6.45) is -0.572. The minimum absolute atomic E-state index is 0.130. The molecule has 9 heteroatoms. The third-order valence-electron chi connectivity index (χ3n) is 3.97. The van der Waals surface area contributed by atoms with Crippen LogP contribution in [0.25, 0.3) is 0 Å². The molecule has 9 nitrogen and oxygen atoms in total. The Morgan fingerprint density at radius 3 is 1.91 bits per heavy atom. The second-order valence-corrected chi connectivity index (χ2v) is 6.33. The Morgan fingerprint density at radius 2 is 1.44 bits per heavy atom. The highest BCUT2D eigenvalue weighted by Crippen LogP contribution is 2.07. The van der Waals surface area contributed by atoms with Crippen molar-refractivity contribution in [1.29, 1.82) is 0 Å². The summed E-state index contributed by atoms with van der Waals surface area (Å²) in [6.45, 7) is 0.130. The fourth-order valence-corrected chi connectivity index (χ4v) is 2.37. The molecule has 1 amide bonds. The third-order valence-corrected chi connectivity index (χ3v) is 3.97. The van der Waals surface area contributed by atoms with Gasteiger partial charge >= 0.3 is 17.9 Å². The maximum absolute atomic E-state index is 11.9. The van der Waals surface area contributed by atoms with Crippen molar-refractivity contribution in [2.24, 2.45) is 0 Å². The molecule has 0 spiro atoms. The van der Waals surface area contributed by atoms with E-state index in [0.717, 1.165) is 0 Å². The van der Waals surface area contributed by atoms with Gasteiger partial charge in [-0.1, -0.05) is 36.4 Å². The number of benzene rings is 2. The Bertz CT molecular complexity index is 1020. The van der Waals surface area contributed by atoms with Gasteiger partial charge < -0.3 is 24.7 Å². The summed E-state index contributed by atoms with van der Waals surface area (Å²) >= 11 is 0. The lowest BCUT2D eigenvalue weighted by Gasteiger charge is -2.13. The number of furan rings is 1. The molecule has 0 bridgehead atoms. The van der Waals surface area contributed by atoms with E-state index in [0.29, 0.717) is 11.3 Å². The van der Waals surface area contributed by atoms with Gasteiger partial charge in [-0.3, -0.25) is 4.79 Å². The first-order chi connectivity index (χ1) is 15.4. The third kappa shape index (κ3) is 8.15. The first-order valence-corrected chi connectivity index (χ1v) is 9.43. The SMILES string of the molecule is O=C(C[C@@H](OC(=O)c1ccccc1)C(=O)O)NCc1ccco1.O=C(O)c1ccccc1. The second-order valence-electron chi connectivity index (χ2n) is 6.33. The van der Waals surface area contributed by atoms with E-state index in [1.54, 1.807) is 60.7 Å². The molecule has 0 fully saturated rings. The number of hydrogen-bond acceptors (Lipinski definition) is 6. The summed E-state index contributed by atoms with van der Waals surface area (Å²) in [5.74, 6) is -3.09. The van der Waals surface area contributed by atoms with Crippen LogP contribution in [0.15, 0.2) is 83.5 Å². The van der Waals surface area contributed by atoms with Crippen molar-refractivity contribution in [3.05, 3.63) is 95.9 Å². The first-order valence-electron chi connectivity index (χ1n) is 9.43. The molecule has 0 unspecified atom stereocenters. The molecule has 3 N–H and O–H groups in total. The standard InChI is InChI=1S/C16H15NO6.C7H6O2/c18-14(17-10-12-7-4-8-22-12)9-13(15(19)20)23-16(21)11-5-2-1-3-6-11;8-7(9)6-4-2-1-3-5-6/h1-8,13H,9-10H2,(H,17,18)(H,19,20);1-5H,(H,8,9)/t13-;/m1./s1. The Balaban J connectivity index is 0.000000336. The Labute approximate surface area is 183 Å². The fourth-order valence-electron chi connectivity index (χ4n) is 2.37. The number of carbonyl (C=O) groups excluding carboxylic acids is 2. The van der Waals surface area contributed by atoms with E-state index in [4.69, 9.17) is 19.4 Å². The van der Waals surface area contributed by atoms with Crippen molar-refractivity contribution in [3.8, 4) is 0 Å². The molecule has 0 saturated carbocycles. The molecule has 0 aliphatic heterocycles. The molecule has 3 aromatic rings. The largest absolute Gasteiger partial charge is 0.478 e. The van der Waals surface area contributed by atoms with Crippen molar-refractivity contribution >= 4 is 23.8 Å². The van der Waals surface area contributed by atoms with Gasteiger partial charge in [0.1, 0.15) is 5.76 Å². The predicted octanol–water partition coefficient (Wildman–Crippen LogP) is 2.98. The monoisotopic (exact) mass is 439 g/mol. The van der Waals surface area contributed by atoms with Gasteiger partial charge in [-0.2, -0.15) is 0 Å². The number of ether oxygens (including phenoxy) is 1. The second kappa shape index (κ2) is 12.3. The lowest BCUT2D eigenvalue weighted by atomic mass is 10.2. The molecule has 0 saturated heterocycles. The number of carboxylic acid groups (broad SMARTS) is 2. The van der Waals surface area contributed by atoms with Crippen LogP contribution in [-0.2, 0) is 20.9 Å². The zero-order chi connectivity index (χ0) is 23.3. The van der Waals surface area contributed by atoms with Crippen LogP contribution >= 0.6 is 0 Å². The van der Waals surface area contributed by atoms with Crippen molar-refractivity contribution in [3.63, 3.8) is 0 Å². The van der Waals surface area contributed by atoms with Gasteiger partial charge in [-0.05, 0) is 36.4 Å². The highest BCUT2D eigenvalue weighted by molar-refractivity contribution is 5.92. The first kappa shape index (κ1) is 23.9. The maximum atomic E-state index is 11.9. The topological polar surface area (TPSA) is 143 Å². The summed E-state index contributed by atoms with van der Waals surface area (Å²) < 4.78 is 9.93. The predicted molar refractivity (Wildman–Crippen MR) is 112 cm³/mol. The van der Waals surface area contributed by atoms with E-state index in [1.165, 1.54) is 18.4 Å². The summed E-state index contributed by atoms with van der Waals surface area (Å²) in [5.41, 5.74) is 0.548. The van der Waals surface area contributed by atoms with Gasteiger partial charge in [0.05, 0.1) is 30.4 Å². The molecule has 0 aliphatic carbocycles. The molecule has 1 atom stereocenters. The smallest absolute Gasteiger partial charge is 0.345 e. The van der Waals surface area contributed by atoms with Crippen molar-refractivity contribution in [1.82, 2.24) is 5.32 Å². The van der Waals surface area contributed by atoms with Crippen LogP contribution in [0.4, 0.5) is 0 Å². The number of aliphatic carboxylic acids is 1. The molecule has 1 aromatic heterocycles. The Morgan fingerprint density at radius 1 is 0.844 bits per heavy atom. The van der Waals surface area contributed by atoms with Gasteiger partial charge in [0.15, 0.2) is 0 Å². The number of esters is 1. The van der Waals surface area contributed by atoms with Crippen LogP contribution in [0, 0.1) is 0 Å². The summed E-state index contributed by atoms with van der Waals surface area (Å²) in [5, 5.41) is 20.0. The van der Waals surface area contributed by atoms with Crippen molar-refractivity contribution in [2.75, 3.05) is 0 Å². The van der Waals surface area contributed by atoms with E-state index in [9.17, 15) is 19.2 Å². The number of carbonyl (C=O) groups is 4. The zero-order valence-corrected chi connectivity index (χ0v) is 16.8. The minimum Gasteiger partial charge on any atom is -0.478 e. The molecule has 32 heavy (non-hydrogen) atoms. The number of aromatic carboxylic acids is 1. The molecule has 166 valence electrons. The van der Waals surface area contributed by atoms with Crippen LogP contribution < -0.4 is 5.32 Å². The highest BCUT2D eigenvalue weighted by atomic mass is 16.6. The Hall–Kier alpha value is -4.40. The number of amides is 1. The molecule has 3 rings (SSSR count). The fraction of sp³-hybridized carbons (Fsp3) is 0.130. The van der Waals surface area contributed by atoms with E-state index in [1.807, 2.05) is 0 Å². The van der Waals surface area contributed by atoms with Gasteiger partial charge in [-0.15, -0.1) is 0 Å². The van der Waals surface area contributed by atoms with Crippen LogP contribution in [0.3, 0.4) is 0 Å². The van der Waals surface area contributed by atoms with Crippen LogP contribution in [0.5, 0.6) is 0 Å². The average Bonchev–Trinajstić information content (AvgIpc) is 3.32. The average molecular weight is 439 g/mol. The maximum Gasteiger partial charge on any atom is 0.345 e. The molecule has 0 aliphatic rings. The normalized spacial score (nSPS) is 10.8. The number of rotatable bonds is 8. The lowest BCUT2D eigenvalue weighted by molar-refractivity contribution is -0.149. The number of carboxylic acids is 2. The Kier molecular flexibility index (Phi) is 9.20. The molecule has 1 heterocycles. The van der Waals surface area contributed by atoms with E-state index >= 15 is 0 Å². The molecule has 2 aromatic carbocycles. The van der Waals surface area contributed by atoms with Crippen LogP contribution in [-0.4, -0.2) is 40.1 Å². The molecule has 0 radical (unpaired) electrons. The molecular formula is C23H21NO8. The van der Waals surface area contributed by atoms with Crippen molar-refractivity contribution < 1.29 is 38.5 Å². The van der Waals surface area contributed by atoms with Gasteiger partial charge in [0.25, 0.3) is 0 Å². The summed E-state index contributed by atoms with van der Waals surface area (Å²) in [6, 6.07) is 19.6. The summed E-state index contributed by atoms with van der Waals surface area (Å²) in [7, 11) is 0. The number of hydrogen-bond donors (Lipinski definition) is 3.